The van der Waals surface area contributed by atoms with Crippen LogP contribution in [0, 0.1) is 17.8 Å². The maximum atomic E-state index is 9.83. The molecule has 0 aliphatic carbocycles. The second kappa shape index (κ2) is 7.17. The van der Waals surface area contributed by atoms with Gasteiger partial charge in [0, 0.05) is 5.56 Å². The minimum Gasteiger partial charge on any atom is -0.388 e. The van der Waals surface area contributed by atoms with Crippen LogP contribution in [0.25, 0.3) is 0 Å². The van der Waals surface area contributed by atoms with Gasteiger partial charge in [0.15, 0.2) is 0 Å². The van der Waals surface area contributed by atoms with Crippen molar-refractivity contribution in [2.24, 2.45) is 11.7 Å². The highest BCUT2D eigenvalue weighted by Crippen LogP contribution is 2.16. The highest BCUT2D eigenvalue weighted by Gasteiger charge is 2.07. The standard InChI is InChI=1S/C15H21NO2/c1-11(2)14(17)7-6-12-4-3-5-13(10-12)15(18)8-9-16/h3-5,10-11,14-15,17-18H,8-9,16H2,1-2H3. The second-order valence-electron chi connectivity index (χ2n) is 4.68. The van der Waals surface area contributed by atoms with E-state index in [2.05, 4.69) is 11.8 Å². The van der Waals surface area contributed by atoms with Crippen LogP contribution >= 0.6 is 0 Å². The molecule has 3 nitrogen and oxygen atoms in total. The van der Waals surface area contributed by atoms with E-state index in [-0.39, 0.29) is 5.92 Å². The van der Waals surface area contributed by atoms with Crippen LogP contribution < -0.4 is 5.73 Å². The molecule has 1 aromatic carbocycles. The number of aliphatic hydroxyl groups is 2. The van der Waals surface area contributed by atoms with E-state index in [0.29, 0.717) is 13.0 Å². The van der Waals surface area contributed by atoms with E-state index in [1.807, 2.05) is 38.1 Å². The summed E-state index contributed by atoms with van der Waals surface area (Å²) in [5.41, 5.74) is 7.02. The Labute approximate surface area is 109 Å². The van der Waals surface area contributed by atoms with Gasteiger partial charge in [0.05, 0.1) is 6.10 Å². The van der Waals surface area contributed by atoms with Gasteiger partial charge in [0.25, 0.3) is 0 Å². The topological polar surface area (TPSA) is 66.5 Å². The summed E-state index contributed by atoms with van der Waals surface area (Å²) < 4.78 is 0. The van der Waals surface area contributed by atoms with Crippen molar-refractivity contribution >= 4 is 0 Å². The van der Waals surface area contributed by atoms with E-state index in [9.17, 15) is 10.2 Å². The molecule has 0 amide bonds. The molecule has 0 heterocycles. The van der Waals surface area contributed by atoms with Crippen LogP contribution in [0.2, 0.25) is 0 Å². The van der Waals surface area contributed by atoms with Crippen molar-refractivity contribution in [3.8, 4) is 11.8 Å². The van der Waals surface area contributed by atoms with E-state index >= 15 is 0 Å². The Hall–Kier alpha value is -1.34. The highest BCUT2D eigenvalue weighted by molar-refractivity contribution is 5.38. The van der Waals surface area contributed by atoms with E-state index in [4.69, 9.17) is 5.73 Å². The summed E-state index contributed by atoms with van der Waals surface area (Å²) >= 11 is 0. The number of rotatable bonds is 4. The van der Waals surface area contributed by atoms with Crippen molar-refractivity contribution in [2.45, 2.75) is 32.5 Å². The van der Waals surface area contributed by atoms with Crippen LogP contribution in [0.4, 0.5) is 0 Å². The molecule has 0 bridgehead atoms. The molecule has 0 saturated carbocycles. The lowest BCUT2D eigenvalue weighted by atomic mass is 10.0. The average Bonchev–Trinajstić information content (AvgIpc) is 2.36. The largest absolute Gasteiger partial charge is 0.388 e. The molecule has 4 N–H and O–H groups in total. The molecule has 98 valence electrons. The molecule has 2 atom stereocenters. The van der Waals surface area contributed by atoms with Crippen LogP contribution in [0.1, 0.15) is 37.5 Å². The summed E-state index contributed by atoms with van der Waals surface area (Å²) in [4.78, 5) is 0. The molecule has 1 aromatic rings. The van der Waals surface area contributed by atoms with Crippen molar-refractivity contribution in [3.63, 3.8) is 0 Å². The van der Waals surface area contributed by atoms with Gasteiger partial charge >= 0.3 is 0 Å². The fourth-order valence-electron chi connectivity index (χ4n) is 1.47. The quantitative estimate of drug-likeness (QED) is 0.705. The maximum absolute atomic E-state index is 9.83. The molecule has 0 aromatic heterocycles. The van der Waals surface area contributed by atoms with Crippen molar-refractivity contribution in [3.05, 3.63) is 35.4 Å². The lowest BCUT2D eigenvalue weighted by molar-refractivity contribution is 0.170. The summed E-state index contributed by atoms with van der Waals surface area (Å²) in [5.74, 6) is 5.83. The zero-order chi connectivity index (χ0) is 13.5. The van der Waals surface area contributed by atoms with Gasteiger partial charge in [-0.2, -0.15) is 0 Å². The first kappa shape index (κ1) is 14.7. The minimum absolute atomic E-state index is 0.114. The Balaban J connectivity index is 2.82. The van der Waals surface area contributed by atoms with Crippen LogP contribution in [0.3, 0.4) is 0 Å². The molecule has 0 aliphatic rings. The molecule has 0 radical (unpaired) electrons. The highest BCUT2D eigenvalue weighted by atomic mass is 16.3. The summed E-state index contributed by atoms with van der Waals surface area (Å²) in [6.07, 6.45) is -0.639. The average molecular weight is 247 g/mol. The predicted molar refractivity (Wildman–Crippen MR) is 72.8 cm³/mol. The zero-order valence-corrected chi connectivity index (χ0v) is 10.9. The maximum Gasteiger partial charge on any atom is 0.117 e. The summed E-state index contributed by atoms with van der Waals surface area (Å²) in [6, 6.07) is 7.39. The number of hydrogen-bond acceptors (Lipinski definition) is 3. The van der Waals surface area contributed by atoms with Crippen LogP contribution in [-0.4, -0.2) is 22.9 Å². The van der Waals surface area contributed by atoms with Crippen LogP contribution in [0.5, 0.6) is 0 Å². The summed E-state index contributed by atoms with van der Waals surface area (Å²) in [5, 5.41) is 19.4. The molecule has 0 spiro atoms. The Morgan fingerprint density at radius 1 is 1.28 bits per heavy atom. The number of nitrogens with two attached hydrogens (primary N) is 1. The zero-order valence-electron chi connectivity index (χ0n) is 10.9. The van der Waals surface area contributed by atoms with Crippen LogP contribution in [0.15, 0.2) is 24.3 Å². The summed E-state index contributed by atoms with van der Waals surface area (Å²) in [7, 11) is 0. The lowest BCUT2D eigenvalue weighted by Gasteiger charge is -2.09. The van der Waals surface area contributed by atoms with Crippen molar-refractivity contribution < 1.29 is 10.2 Å². The number of hydrogen-bond donors (Lipinski definition) is 3. The van der Waals surface area contributed by atoms with Gasteiger partial charge in [0.1, 0.15) is 6.10 Å². The van der Waals surface area contributed by atoms with Gasteiger partial charge in [-0.05, 0) is 36.6 Å². The molecule has 1 rings (SSSR count). The Morgan fingerprint density at radius 3 is 2.61 bits per heavy atom. The third-order valence-corrected chi connectivity index (χ3v) is 2.71. The lowest BCUT2D eigenvalue weighted by Crippen LogP contribution is -2.11. The molecule has 3 heteroatoms. The van der Waals surface area contributed by atoms with Crippen LogP contribution in [-0.2, 0) is 0 Å². The molecular formula is C15H21NO2. The van der Waals surface area contributed by atoms with Gasteiger partial charge in [-0.15, -0.1) is 0 Å². The van der Waals surface area contributed by atoms with E-state index in [1.165, 1.54) is 0 Å². The SMILES string of the molecule is CC(C)C(O)C#Cc1cccc(C(O)CCN)c1. The minimum atomic E-state index is -0.623. The van der Waals surface area contributed by atoms with E-state index in [0.717, 1.165) is 11.1 Å². The summed E-state index contributed by atoms with van der Waals surface area (Å²) in [6.45, 7) is 4.28. The first-order valence-corrected chi connectivity index (χ1v) is 6.22. The predicted octanol–water partition coefficient (Wildman–Crippen LogP) is 1.44. The van der Waals surface area contributed by atoms with Gasteiger partial charge in [-0.3, -0.25) is 0 Å². The third kappa shape index (κ3) is 4.50. The smallest absolute Gasteiger partial charge is 0.117 e. The molecule has 2 unspecified atom stereocenters. The first-order chi connectivity index (χ1) is 8.54. The molecule has 0 aliphatic heterocycles. The Kier molecular flexibility index (Phi) is 5.87. The van der Waals surface area contributed by atoms with Gasteiger partial charge in [-0.1, -0.05) is 37.8 Å². The molecule has 0 fully saturated rings. The first-order valence-electron chi connectivity index (χ1n) is 6.22. The van der Waals surface area contributed by atoms with Crippen molar-refractivity contribution in [1.82, 2.24) is 0 Å². The third-order valence-electron chi connectivity index (χ3n) is 2.71. The normalized spacial score (nSPS) is 13.9. The monoisotopic (exact) mass is 247 g/mol. The van der Waals surface area contributed by atoms with Crippen molar-refractivity contribution in [1.29, 1.82) is 0 Å². The van der Waals surface area contributed by atoms with Gasteiger partial charge in [-0.25, -0.2) is 0 Å². The molecule has 0 saturated heterocycles. The molecular weight excluding hydrogens is 226 g/mol. The Morgan fingerprint density at radius 2 is 2.00 bits per heavy atom. The van der Waals surface area contributed by atoms with E-state index < -0.39 is 12.2 Å². The van der Waals surface area contributed by atoms with E-state index in [1.54, 1.807) is 0 Å². The molecule has 18 heavy (non-hydrogen) atoms. The van der Waals surface area contributed by atoms with Gasteiger partial charge in [0.2, 0.25) is 0 Å². The number of benzene rings is 1. The fourth-order valence-corrected chi connectivity index (χ4v) is 1.47. The number of aliphatic hydroxyl groups excluding tert-OH is 2. The van der Waals surface area contributed by atoms with Crippen molar-refractivity contribution in [2.75, 3.05) is 6.54 Å². The van der Waals surface area contributed by atoms with Gasteiger partial charge < -0.3 is 15.9 Å². The Bertz CT molecular complexity index is 432. The fraction of sp³-hybridized carbons (Fsp3) is 0.467. The second-order valence-corrected chi connectivity index (χ2v) is 4.68.